The van der Waals surface area contributed by atoms with Gasteiger partial charge in [-0.15, -0.1) is 0 Å². The van der Waals surface area contributed by atoms with Gasteiger partial charge in [0.1, 0.15) is 5.82 Å². The van der Waals surface area contributed by atoms with Crippen LogP contribution in [0.5, 0.6) is 5.75 Å². The van der Waals surface area contributed by atoms with Gasteiger partial charge in [0.15, 0.2) is 17.2 Å². The normalized spacial score (nSPS) is 16.1. The zero-order valence-electron chi connectivity index (χ0n) is 18.9. The SMILES string of the molecule is COc1c(C(C)C(C)C(O)(/C=N/c2cccc3nc(C)ncc23)C(F)(F)F)ccc(C)c1F. The maximum Gasteiger partial charge on any atom is 0.422 e. The molecule has 1 N–H and O–H groups in total. The first-order valence-corrected chi connectivity index (χ1v) is 10.3. The Morgan fingerprint density at radius 2 is 1.82 bits per heavy atom. The minimum atomic E-state index is -5.04. The van der Waals surface area contributed by atoms with E-state index >= 15 is 0 Å². The summed E-state index contributed by atoms with van der Waals surface area (Å²) in [7, 11) is 1.25. The summed E-state index contributed by atoms with van der Waals surface area (Å²) in [5, 5.41) is 11.3. The van der Waals surface area contributed by atoms with Gasteiger partial charge in [0.25, 0.3) is 0 Å². The zero-order chi connectivity index (χ0) is 24.6. The first-order chi connectivity index (χ1) is 15.4. The van der Waals surface area contributed by atoms with E-state index in [2.05, 4.69) is 15.0 Å². The van der Waals surface area contributed by atoms with Crippen molar-refractivity contribution in [3.63, 3.8) is 0 Å². The van der Waals surface area contributed by atoms with Crippen LogP contribution in [0.15, 0.2) is 41.5 Å². The third-order valence-corrected chi connectivity index (χ3v) is 6.04. The molecule has 0 radical (unpaired) electrons. The quantitative estimate of drug-likeness (QED) is 0.369. The van der Waals surface area contributed by atoms with Crippen molar-refractivity contribution in [1.29, 1.82) is 0 Å². The number of hydrogen-bond donors (Lipinski definition) is 1. The van der Waals surface area contributed by atoms with Gasteiger partial charge in [0, 0.05) is 29.3 Å². The van der Waals surface area contributed by atoms with Crippen molar-refractivity contribution in [2.75, 3.05) is 7.11 Å². The zero-order valence-corrected chi connectivity index (χ0v) is 18.9. The number of benzene rings is 2. The second-order valence-corrected chi connectivity index (χ2v) is 8.10. The highest BCUT2D eigenvalue weighted by Crippen LogP contribution is 2.44. The molecule has 0 amide bonds. The summed E-state index contributed by atoms with van der Waals surface area (Å²) in [5.74, 6) is -2.63. The topological polar surface area (TPSA) is 67.6 Å². The fourth-order valence-corrected chi connectivity index (χ4v) is 3.75. The molecule has 5 nitrogen and oxygen atoms in total. The van der Waals surface area contributed by atoms with Crippen molar-refractivity contribution in [2.45, 2.75) is 45.4 Å². The lowest BCUT2D eigenvalue weighted by Gasteiger charge is -2.36. The van der Waals surface area contributed by atoms with Crippen LogP contribution in [-0.2, 0) is 0 Å². The fourth-order valence-electron chi connectivity index (χ4n) is 3.75. The lowest BCUT2D eigenvalue weighted by atomic mass is 9.76. The average Bonchev–Trinajstić information content (AvgIpc) is 2.77. The summed E-state index contributed by atoms with van der Waals surface area (Å²) < 4.78 is 62.1. The van der Waals surface area contributed by atoms with E-state index in [1.54, 1.807) is 19.1 Å². The summed E-state index contributed by atoms with van der Waals surface area (Å²) in [6, 6.07) is 7.80. The number of nitrogens with zero attached hydrogens (tertiary/aromatic N) is 3. The molecule has 3 aromatic rings. The first kappa shape index (κ1) is 24.6. The molecule has 0 spiro atoms. The lowest BCUT2D eigenvalue weighted by molar-refractivity contribution is -0.246. The molecule has 0 aliphatic carbocycles. The molecule has 176 valence electrons. The highest BCUT2D eigenvalue weighted by molar-refractivity contribution is 5.91. The van der Waals surface area contributed by atoms with Crippen molar-refractivity contribution in [3.8, 4) is 5.75 Å². The van der Waals surface area contributed by atoms with Crippen LogP contribution < -0.4 is 4.74 Å². The molecule has 0 fully saturated rings. The second-order valence-electron chi connectivity index (χ2n) is 8.10. The summed E-state index contributed by atoms with van der Waals surface area (Å²) >= 11 is 0. The molecule has 9 heteroatoms. The van der Waals surface area contributed by atoms with Crippen LogP contribution in [0, 0.1) is 25.6 Å². The Bertz CT molecular complexity index is 1200. The summed E-state index contributed by atoms with van der Waals surface area (Å²) in [6.07, 6.45) is -3.07. The molecule has 0 aliphatic rings. The van der Waals surface area contributed by atoms with Gasteiger partial charge in [0.05, 0.1) is 18.3 Å². The van der Waals surface area contributed by atoms with Crippen molar-refractivity contribution in [3.05, 3.63) is 59.3 Å². The van der Waals surface area contributed by atoms with Crippen LogP contribution in [0.25, 0.3) is 10.9 Å². The number of aliphatic imine (C=N–C) groups is 1. The number of ether oxygens (including phenoxy) is 1. The number of rotatable bonds is 6. The van der Waals surface area contributed by atoms with Gasteiger partial charge in [0.2, 0.25) is 0 Å². The van der Waals surface area contributed by atoms with Gasteiger partial charge >= 0.3 is 6.18 Å². The smallest absolute Gasteiger partial charge is 0.422 e. The Balaban J connectivity index is 2.06. The van der Waals surface area contributed by atoms with E-state index < -0.39 is 29.4 Å². The molecule has 33 heavy (non-hydrogen) atoms. The van der Waals surface area contributed by atoms with Crippen molar-refractivity contribution >= 4 is 22.8 Å². The number of aliphatic hydroxyl groups is 1. The van der Waals surface area contributed by atoms with Crippen molar-refractivity contribution < 1.29 is 27.4 Å². The van der Waals surface area contributed by atoms with Crippen LogP contribution in [0.4, 0.5) is 23.2 Å². The molecule has 0 aliphatic heterocycles. The van der Waals surface area contributed by atoms with Crippen molar-refractivity contribution in [2.24, 2.45) is 10.9 Å². The summed E-state index contributed by atoms with van der Waals surface area (Å²) in [5.41, 5.74) is -2.07. The third-order valence-electron chi connectivity index (χ3n) is 6.04. The molecule has 1 heterocycles. The number of aromatic nitrogens is 2. The van der Waals surface area contributed by atoms with Gasteiger partial charge in [-0.2, -0.15) is 13.2 Å². The molecule has 3 unspecified atom stereocenters. The van der Waals surface area contributed by atoms with Gasteiger partial charge in [-0.05, 0) is 37.5 Å². The van der Waals surface area contributed by atoms with Crippen LogP contribution in [0.3, 0.4) is 0 Å². The molecule has 0 bridgehead atoms. The second kappa shape index (κ2) is 9.05. The van der Waals surface area contributed by atoms with Crippen LogP contribution in [0.1, 0.15) is 36.7 Å². The summed E-state index contributed by atoms with van der Waals surface area (Å²) in [4.78, 5) is 12.3. The van der Waals surface area contributed by atoms with Gasteiger partial charge in [-0.3, -0.25) is 4.99 Å². The van der Waals surface area contributed by atoms with E-state index in [-0.39, 0.29) is 17.0 Å². The number of methoxy groups -OCH3 is 1. The van der Waals surface area contributed by atoms with Crippen LogP contribution in [-0.4, -0.2) is 40.2 Å². The predicted octanol–water partition coefficient (Wildman–Crippen LogP) is 5.83. The number of fused-ring (bicyclic) bond motifs is 1. The fraction of sp³-hybridized carbons (Fsp3) is 0.375. The number of aryl methyl sites for hydroxylation is 2. The minimum absolute atomic E-state index is 0.141. The molecule has 3 atom stereocenters. The molecular formula is C24H25F4N3O2. The van der Waals surface area contributed by atoms with E-state index in [4.69, 9.17) is 4.74 Å². The molecule has 0 saturated carbocycles. The molecule has 0 saturated heterocycles. The third kappa shape index (κ3) is 4.55. The highest BCUT2D eigenvalue weighted by Gasteiger charge is 2.57. The Labute approximate surface area is 189 Å². The summed E-state index contributed by atoms with van der Waals surface area (Å²) in [6.45, 7) is 5.96. The van der Waals surface area contributed by atoms with E-state index in [1.807, 2.05) is 0 Å². The first-order valence-electron chi connectivity index (χ1n) is 10.3. The number of alkyl halides is 3. The number of halogens is 4. The van der Waals surface area contributed by atoms with Gasteiger partial charge in [-0.1, -0.05) is 32.0 Å². The van der Waals surface area contributed by atoms with Gasteiger partial charge in [-0.25, -0.2) is 14.4 Å². The maximum absolute atomic E-state index is 14.5. The van der Waals surface area contributed by atoms with Crippen LogP contribution >= 0.6 is 0 Å². The Morgan fingerprint density at radius 1 is 1.12 bits per heavy atom. The molecule has 2 aromatic carbocycles. The molecule has 1 aromatic heterocycles. The monoisotopic (exact) mass is 463 g/mol. The van der Waals surface area contributed by atoms with E-state index in [0.29, 0.717) is 28.5 Å². The van der Waals surface area contributed by atoms with E-state index in [0.717, 1.165) is 0 Å². The minimum Gasteiger partial charge on any atom is -0.493 e. The highest BCUT2D eigenvalue weighted by atomic mass is 19.4. The Hall–Kier alpha value is -3.07. The predicted molar refractivity (Wildman–Crippen MR) is 119 cm³/mol. The standard InChI is InChI=1S/C24H25F4N3O2/c1-13-9-10-17(22(33-5)21(13)25)14(2)15(3)23(32,24(26,27)28)12-30-19-7-6-8-20-18(19)11-29-16(4)31-20/h6-12,14-15,32H,1-5H3/b30-12+. The Morgan fingerprint density at radius 3 is 2.45 bits per heavy atom. The van der Waals surface area contributed by atoms with Crippen molar-refractivity contribution in [1.82, 2.24) is 9.97 Å². The lowest BCUT2D eigenvalue weighted by Crippen LogP contribution is -2.53. The largest absolute Gasteiger partial charge is 0.493 e. The average molecular weight is 463 g/mol. The maximum atomic E-state index is 14.5. The van der Waals surface area contributed by atoms with Crippen LogP contribution in [0.2, 0.25) is 0 Å². The Kier molecular flexibility index (Phi) is 6.74. The number of hydrogen-bond acceptors (Lipinski definition) is 5. The molecular weight excluding hydrogens is 438 g/mol. The van der Waals surface area contributed by atoms with E-state index in [9.17, 15) is 22.7 Å². The van der Waals surface area contributed by atoms with E-state index in [1.165, 1.54) is 52.3 Å². The van der Waals surface area contributed by atoms with Gasteiger partial charge < -0.3 is 9.84 Å². The molecule has 3 rings (SSSR count).